The van der Waals surface area contributed by atoms with E-state index in [0.717, 1.165) is 45.1 Å². The van der Waals surface area contributed by atoms with E-state index in [1.165, 1.54) is 0 Å². The zero-order valence-electron chi connectivity index (χ0n) is 15.5. The average Bonchev–Trinajstić information content (AvgIpc) is 2.49. The summed E-state index contributed by atoms with van der Waals surface area (Å²) in [5.41, 5.74) is 0.0312. The normalized spacial score (nSPS) is 20.5. The van der Waals surface area contributed by atoms with Gasteiger partial charge in [0, 0.05) is 25.2 Å². The Hall–Kier alpha value is 0.0569. The molecule has 0 bridgehead atoms. The van der Waals surface area contributed by atoms with Gasteiger partial charge in [-0.25, -0.2) is 0 Å². The van der Waals surface area contributed by atoms with Gasteiger partial charge in [0.1, 0.15) is 5.22 Å². The Balaban J connectivity index is 3.36. The molecule has 132 valence electrons. The summed E-state index contributed by atoms with van der Waals surface area (Å²) in [4.78, 5) is 0. The molecule has 0 aromatic carbocycles. The van der Waals surface area contributed by atoms with Crippen LogP contribution in [0.2, 0.25) is 6.04 Å². The fraction of sp³-hybridized carbons (Fsp3) is 1.00. The highest BCUT2D eigenvalue weighted by atomic mass is 28.4. The Kier molecular flexibility index (Phi) is 8.02. The molecule has 1 aliphatic rings. The van der Waals surface area contributed by atoms with Gasteiger partial charge < -0.3 is 18.3 Å². The first-order valence-electron chi connectivity index (χ1n) is 9.07. The molecule has 22 heavy (non-hydrogen) atoms. The van der Waals surface area contributed by atoms with E-state index in [2.05, 4.69) is 41.5 Å². The molecule has 1 unspecified atom stereocenters. The highest BCUT2D eigenvalue weighted by molar-refractivity contribution is 6.70. The molecule has 0 aromatic rings. The summed E-state index contributed by atoms with van der Waals surface area (Å²) < 4.78 is 25.0. The number of rotatable bonds is 12. The van der Waals surface area contributed by atoms with Gasteiger partial charge in [0.2, 0.25) is 0 Å². The van der Waals surface area contributed by atoms with Gasteiger partial charge in [0.05, 0.1) is 13.2 Å². The number of hydrogen-bond acceptors (Lipinski definition) is 4. The molecule has 0 amide bonds. The first-order valence-corrected chi connectivity index (χ1v) is 11.1. The first-order chi connectivity index (χ1) is 10.6. The van der Waals surface area contributed by atoms with E-state index in [1.807, 2.05) is 0 Å². The van der Waals surface area contributed by atoms with Crippen LogP contribution < -0.4 is 0 Å². The Labute approximate surface area is 138 Å². The Bertz CT molecular complexity index is 308. The standard InChI is InChI=1S/C17H36O4Si/c1-7-13-19-17(9-3,16(8-2)14-18-15-16)22(12-6,20-10-4)21-11-5/h7-15H2,1-6H3. The zero-order valence-corrected chi connectivity index (χ0v) is 16.5. The highest BCUT2D eigenvalue weighted by Gasteiger charge is 2.69. The van der Waals surface area contributed by atoms with Crippen LogP contribution in [0.3, 0.4) is 0 Å². The maximum absolute atomic E-state index is 6.62. The summed E-state index contributed by atoms with van der Waals surface area (Å²) in [6.45, 7) is 16.6. The van der Waals surface area contributed by atoms with Crippen LogP contribution in [0.25, 0.3) is 0 Å². The lowest BCUT2D eigenvalue weighted by Gasteiger charge is -2.59. The molecule has 0 aromatic heterocycles. The van der Waals surface area contributed by atoms with E-state index in [1.54, 1.807) is 0 Å². The molecule has 1 heterocycles. The maximum Gasteiger partial charge on any atom is 0.371 e. The summed E-state index contributed by atoms with van der Waals surface area (Å²) in [7, 11) is -2.51. The van der Waals surface area contributed by atoms with Crippen molar-refractivity contribution in [1.29, 1.82) is 0 Å². The molecule has 0 N–H and O–H groups in total. The van der Waals surface area contributed by atoms with Crippen molar-refractivity contribution in [2.75, 3.05) is 33.0 Å². The van der Waals surface area contributed by atoms with Gasteiger partial charge >= 0.3 is 8.56 Å². The summed E-state index contributed by atoms with van der Waals surface area (Å²) in [6, 6.07) is 0.911. The molecule has 0 aliphatic carbocycles. The molecule has 1 saturated heterocycles. The van der Waals surface area contributed by atoms with E-state index < -0.39 is 8.56 Å². The predicted molar refractivity (Wildman–Crippen MR) is 92.3 cm³/mol. The van der Waals surface area contributed by atoms with Crippen LogP contribution in [0.1, 0.15) is 60.8 Å². The van der Waals surface area contributed by atoms with Crippen molar-refractivity contribution < 1.29 is 18.3 Å². The molecule has 1 fully saturated rings. The van der Waals surface area contributed by atoms with E-state index in [9.17, 15) is 0 Å². The van der Waals surface area contributed by atoms with Crippen LogP contribution in [0, 0.1) is 5.41 Å². The second-order valence-electron chi connectivity index (χ2n) is 6.13. The van der Waals surface area contributed by atoms with Crippen molar-refractivity contribution in [3.05, 3.63) is 0 Å². The van der Waals surface area contributed by atoms with E-state index >= 15 is 0 Å². The lowest BCUT2D eigenvalue weighted by Crippen LogP contribution is -2.75. The molecular weight excluding hydrogens is 296 g/mol. The quantitative estimate of drug-likeness (QED) is 0.505. The van der Waals surface area contributed by atoms with Gasteiger partial charge in [0.15, 0.2) is 0 Å². The van der Waals surface area contributed by atoms with Gasteiger partial charge in [-0.1, -0.05) is 27.7 Å². The van der Waals surface area contributed by atoms with Crippen molar-refractivity contribution in [3.8, 4) is 0 Å². The molecule has 5 heteroatoms. The van der Waals surface area contributed by atoms with Gasteiger partial charge in [-0.3, -0.25) is 0 Å². The minimum absolute atomic E-state index is 0.0312. The van der Waals surface area contributed by atoms with Crippen LogP contribution in [0.15, 0.2) is 0 Å². The van der Waals surface area contributed by atoms with Crippen LogP contribution in [0.5, 0.6) is 0 Å². The van der Waals surface area contributed by atoms with Gasteiger partial charge in [-0.05, 0) is 39.2 Å². The maximum atomic E-state index is 6.62. The summed E-state index contributed by atoms with van der Waals surface area (Å²) in [5, 5.41) is -0.330. The average molecular weight is 333 g/mol. The van der Waals surface area contributed by atoms with E-state index in [0.29, 0.717) is 13.2 Å². The first kappa shape index (κ1) is 20.1. The molecule has 1 aliphatic heterocycles. The van der Waals surface area contributed by atoms with Crippen molar-refractivity contribution in [2.45, 2.75) is 72.1 Å². The molecule has 0 saturated carbocycles. The monoisotopic (exact) mass is 332 g/mol. The molecular formula is C17H36O4Si. The molecule has 0 radical (unpaired) electrons. The minimum atomic E-state index is -2.51. The van der Waals surface area contributed by atoms with Crippen molar-refractivity contribution in [1.82, 2.24) is 0 Å². The SMILES string of the molecule is CCCOC(CC)(C1(CC)COC1)[Si](CC)(OCC)OCC. The predicted octanol–water partition coefficient (Wildman–Crippen LogP) is 4.06. The zero-order chi connectivity index (χ0) is 16.7. The van der Waals surface area contributed by atoms with Crippen molar-refractivity contribution in [3.63, 3.8) is 0 Å². The topological polar surface area (TPSA) is 36.9 Å². The van der Waals surface area contributed by atoms with Gasteiger partial charge in [0.25, 0.3) is 0 Å². The van der Waals surface area contributed by atoms with Gasteiger partial charge in [-0.15, -0.1) is 0 Å². The molecule has 1 atom stereocenters. The number of ether oxygens (including phenoxy) is 2. The Morgan fingerprint density at radius 2 is 1.59 bits per heavy atom. The number of hydrogen-bond donors (Lipinski definition) is 0. The third-order valence-electron chi connectivity index (χ3n) is 5.18. The third-order valence-corrected chi connectivity index (χ3v) is 9.88. The smallest absolute Gasteiger partial charge is 0.371 e. The van der Waals surface area contributed by atoms with Crippen LogP contribution >= 0.6 is 0 Å². The second kappa shape index (κ2) is 8.78. The van der Waals surface area contributed by atoms with E-state index in [-0.39, 0.29) is 10.6 Å². The van der Waals surface area contributed by atoms with Crippen LogP contribution in [0.4, 0.5) is 0 Å². The molecule has 4 nitrogen and oxygen atoms in total. The van der Waals surface area contributed by atoms with Crippen molar-refractivity contribution in [2.24, 2.45) is 5.41 Å². The largest absolute Gasteiger partial charge is 0.393 e. The molecule has 0 spiro atoms. The Morgan fingerprint density at radius 3 is 1.86 bits per heavy atom. The lowest BCUT2D eigenvalue weighted by atomic mass is 9.75. The fourth-order valence-electron chi connectivity index (χ4n) is 3.99. The summed E-state index contributed by atoms with van der Waals surface area (Å²) in [6.07, 6.45) is 2.97. The lowest BCUT2D eigenvalue weighted by molar-refractivity contribution is -0.226. The third kappa shape index (κ3) is 3.15. The van der Waals surface area contributed by atoms with E-state index in [4.69, 9.17) is 18.3 Å². The Morgan fingerprint density at radius 1 is 1.00 bits per heavy atom. The highest BCUT2D eigenvalue weighted by Crippen LogP contribution is 2.52. The van der Waals surface area contributed by atoms with Crippen LogP contribution in [-0.2, 0) is 18.3 Å². The molecule has 1 rings (SSSR count). The van der Waals surface area contributed by atoms with Crippen LogP contribution in [-0.4, -0.2) is 46.8 Å². The minimum Gasteiger partial charge on any atom is -0.393 e. The fourth-order valence-corrected chi connectivity index (χ4v) is 8.44. The summed E-state index contributed by atoms with van der Waals surface area (Å²) >= 11 is 0. The second-order valence-corrected chi connectivity index (χ2v) is 9.73. The van der Waals surface area contributed by atoms with Gasteiger partial charge in [-0.2, -0.15) is 0 Å². The van der Waals surface area contributed by atoms with Crippen molar-refractivity contribution >= 4 is 8.56 Å². The summed E-state index contributed by atoms with van der Waals surface area (Å²) in [5.74, 6) is 0.